The van der Waals surface area contributed by atoms with Gasteiger partial charge in [-0.15, -0.1) is 4.68 Å². The number of hydrogen-bond acceptors (Lipinski definition) is 0. The molecular weight excluding hydrogens is 303 g/mol. The third-order valence-corrected chi connectivity index (χ3v) is 4.20. The zero-order valence-corrected chi connectivity index (χ0v) is 13.4. The van der Waals surface area contributed by atoms with Crippen molar-refractivity contribution in [2.75, 3.05) is 0 Å². The van der Waals surface area contributed by atoms with Crippen LogP contribution < -0.4 is 4.68 Å². The van der Waals surface area contributed by atoms with E-state index in [1.165, 1.54) is 0 Å². The Hall–Kier alpha value is -1.77. The summed E-state index contributed by atoms with van der Waals surface area (Å²) in [5.41, 5.74) is 4.55. The number of benzene rings is 2. The number of aromatic nitrogens is 2. The van der Waals surface area contributed by atoms with Crippen LogP contribution in [-0.2, 0) is 14.1 Å². The van der Waals surface area contributed by atoms with Gasteiger partial charge in [0.1, 0.15) is 5.69 Å². The highest BCUT2D eigenvalue weighted by Gasteiger charge is 2.19. The average Bonchev–Trinajstić information content (AvgIpc) is 2.78. The molecule has 1 aromatic heterocycles. The summed E-state index contributed by atoms with van der Waals surface area (Å²) in [7, 11) is 4.09. The number of halogens is 2. The van der Waals surface area contributed by atoms with Crippen molar-refractivity contribution in [1.82, 2.24) is 4.68 Å². The molecular formula is C17H15Cl2N2+. The molecule has 0 aliphatic heterocycles. The molecule has 0 unspecified atom stereocenters. The maximum atomic E-state index is 5.96. The van der Waals surface area contributed by atoms with Gasteiger partial charge in [-0.25, -0.2) is 0 Å². The lowest BCUT2D eigenvalue weighted by Gasteiger charge is -2.00. The summed E-state index contributed by atoms with van der Waals surface area (Å²) in [6, 6.07) is 17.9. The van der Waals surface area contributed by atoms with Crippen LogP contribution in [0.1, 0.15) is 0 Å². The van der Waals surface area contributed by atoms with Crippen molar-refractivity contribution in [3.8, 4) is 22.5 Å². The molecule has 4 heteroatoms. The molecule has 0 N–H and O–H groups in total. The van der Waals surface area contributed by atoms with Crippen molar-refractivity contribution >= 4 is 23.2 Å². The van der Waals surface area contributed by atoms with E-state index >= 15 is 0 Å². The quantitative estimate of drug-likeness (QED) is 0.616. The van der Waals surface area contributed by atoms with E-state index in [9.17, 15) is 0 Å². The highest BCUT2D eigenvalue weighted by molar-refractivity contribution is 6.30. The lowest BCUT2D eigenvalue weighted by atomic mass is 10.1. The molecule has 21 heavy (non-hydrogen) atoms. The van der Waals surface area contributed by atoms with E-state index < -0.39 is 0 Å². The van der Waals surface area contributed by atoms with Crippen molar-refractivity contribution in [3.05, 3.63) is 64.6 Å². The first-order valence-corrected chi connectivity index (χ1v) is 7.40. The van der Waals surface area contributed by atoms with Gasteiger partial charge >= 0.3 is 0 Å². The first-order chi connectivity index (χ1) is 10.1. The van der Waals surface area contributed by atoms with Crippen LogP contribution in [-0.4, -0.2) is 4.68 Å². The lowest BCUT2D eigenvalue weighted by Crippen LogP contribution is -2.39. The molecule has 3 rings (SSSR count). The zero-order valence-electron chi connectivity index (χ0n) is 11.8. The normalized spacial score (nSPS) is 10.9. The third kappa shape index (κ3) is 2.69. The van der Waals surface area contributed by atoms with Crippen LogP contribution in [0.4, 0.5) is 0 Å². The van der Waals surface area contributed by atoms with Gasteiger partial charge in [-0.05, 0) is 36.4 Å². The summed E-state index contributed by atoms with van der Waals surface area (Å²) in [5.74, 6) is 0. The minimum Gasteiger partial charge on any atom is -0.156 e. The number of rotatable bonds is 2. The van der Waals surface area contributed by atoms with Gasteiger partial charge in [0.15, 0.2) is 7.05 Å². The molecule has 0 spiro atoms. The van der Waals surface area contributed by atoms with Gasteiger partial charge in [0.2, 0.25) is 5.69 Å². The fraction of sp³-hybridized carbons (Fsp3) is 0.118. The molecule has 0 bridgehead atoms. The van der Waals surface area contributed by atoms with Gasteiger partial charge < -0.3 is 0 Å². The predicted octanol–water partition coefficient (Wildman–Crippen LogP) is 4.49. The molecule has 0 amide bonds. The molecule has 0 saturated carbocycles. The van der Waals surface area contributed by atoms with E-state index in [0.29, 0.717) is 0 Å². The zero-order chi connectivity index (χ0) is 15.0. The highest BCUT2D eigenvalue weighted by atomic mass is 35.5. The molecule has 0 fully saturated rings. The van der Waals surface area contributed by atoms with E-state index in [1.54, 1.807) is 0 Å². The Balaban J connectivity index is 2.11. The Kier molecular flexibility index (Phi) is 3.75. The second-order valence-corrected chi connectivity index (χ2v) is 5.85. The Bertz CT molecular complexity index is 706. The summed E-state index contributed by atoms with van der Waals surface area (Å²) in [6.07, 6.45) is 0. The van der Waals surface area contributed by atoms with Gasteiger partial charge in [0, 0.05) is 27.2 Å². The van der Waals surface area contributed by atoms with E-state index in [4.69, 9.17) is 23.2 Å². The van der Waals surface area contributed by atoms with Crippen LogP contribution in [0.2, 0.25) is 10.0 Å². The lowest BCUT2D eigenvalue weighted by molar-refractivity contribution is -0.740. The summed E-state index contributed by atoms with van der Waals surface area (Å²) >= 11 is 11.9. The smallest absolute Gasteiger partial charge is 0.156 e. The standard InChI is InChI=1S/C17H15Cl2N2/c1-20-16(12-3-7-14(18)8-4-12)11-17(21(20)2)13-5-9-15(19)10-6-13/h3-11H,1-2H3/q+1. The first kappa shape index (κ1) is 14.2. The first-order valence-electron chi connectivity index (χ1n) is 6.64. The molecule has 0 aliphatic rings. The van der Waals surface area contributed by atoms with Crippen LogP contribution in [0.3, 0.4) is 0 Å². The average molecular weight is 318 g/mol. The van der Waals surface area contributed by atoms with Crippen molar-refractivity contribution in [2.24, 2.45) is 14.1 Å². The molecule has 0 saturated heterocycles. The second kappa shape index (κ2) is 5.55. The van der Waals surface area contributed by atoms with Gasteiger partial charge in [0.25, 0.3) is 0 Å². The van der Waals surface area contributed by atoms with Crippen molar-refractivity contribution in [2.45, 2.75) is 0 Å². The molecule has 106 valence electrons. The Labute approximate surface area is 134 Å². The van der Waals surface area contributed by atoms with Crippen LogP contribution in [0.5, 0.6) is 0 Å². The summed E-state index contributed by atoms with van der Waals surface area (Å²) in [4.78, 5) is 0. The second-order valence-electron chi connectivity index (χ2n) is 4.98. The van der Waals surface area contributed by atoms with E-state index in [0.717, 1.165) is 32.6 Å². The summed E-state index contributed by atoms with van der Waals surface area (Å²) in [5, 5.41) is 1.49. The van der Waals surface area contributed by atoms with Crippen molar-refractivity contribution in [1.29, 1.82) is 0 Å². The van der Waals surface area contributed by atoms with E-state index in [-0.39, 0.29) is 0 Å². The maximum absolute atomic E-state index is 5.96. The molecule has 0 radical (unpaired) electrons. The number of nitrogens with zero attached hydrogens (tertiary/aromatic N) is 2. The van der Waals surface area contributed by atoms with Crippen LogP contribution in [0.25, 0.3) is 22.5 Å². The van der Waals surface area contributed by atoms with Crippen LogP contribution in [0.15, 0.2) is 54.6 Å². The minimum atomic E-state index is 0.746. The van der Waals surface area contributed by atoms with E-state index in [1.807, 2.05) is 62.6 Å². The van der Waals surface area contributed by atoms with Gasteiger partial charge in [0.05, 0.1) is 7.05 Å². The molecule has 2 aromatic carbocycles. The number of hydrogen-bond donors (Lipinski definition) is 0. The topological polar surface area (TPSA) is 8.81 Å². The minimum absolute atomic E-state index is 0.746. The molecule has 3 aromatic rings. The maximum Gasteiger partial charge on any atom is 0.238 e. The molecule has 1 heterocycles. The molecule has 0 atom stereocenters. The van der Waals surface area contributed by atoms with E-state index in [2.05, 4.69) is 15.4 Å². The molecule has 0 aliphatic carbocycles. The summed E-state index contributed by atoms with van der Waals surface area (Å²) < 4.78 is 4.24. The third-order valence-electron chi connectivity index (χ3n) is 3.70. The van der Waals surface area contributed by atoms with Gasteiger partial charge in [-0.1, -0.05) is 35.3 Å². The highest BCUT2D eigenvalue weighted by Crippen LogP contribution is 2.26. The fourth-order valence-corrected chi connectivity index (χ4v) is 2.67. The Morgan fingerprint density at radius 1 is 0.810 bits per heavy atom. The van der Waals surface area contributed by atoms with Gasteiger partial charge in [-0.3, -0.25) is 0 Å². The van der Waals surface area contributed by atoms with Crippen LogP contribution >= 0.6 is 23.2 Å². The van der Waals surface area contributed by atoms with Crippen molar-refractivity contribution in [3.63, 3.8) is 0 Å². The monoisotopic (exact) mass is 317 g/mol. The molecule has 2 nitrogen and oxygen atoms in total. The van der Waals surface area contributed by atoms with Crippen LogP contribution in [0, 0.1) is 0 Å². The Morgan fingerprint density at radius 2 is 1.29 bits per heavy atom. The summed E-state index contributed by atoms with van der Waals surface area (Å²) in [6.45, 7) is 0. The predicted molar refractivity (Wildman–Crippen MR) is 87.5 cm³/mol. The largest absolute Gasteiger partial charge is 0.238 e. The van der Waals surface area contributed by atoms with Gasteiger partial charge in [-0.2, -0.15) is 4.68 Å². The van der Waals surface area contributed by atoms with Crippen molar-refractivity contribution < 1.29 is 4.68 Å². The SMILES string of the molecule is Cn1c(-c2ccc(Cl)cc2)cc(-c2ccc(Cl)cc2)[n+]1C. The fourth-order valence-electron chi connectivity index (χ4n) is 2.42. The Morgan fingerprint density at radius 3 is 1.81 bits per heavy atom.